The maximum Gasteiger partial charge on any atom is 0.161 e. The van der Waals surface area contributed by atoms with Crippen molar-refractivity contribution in [3.8, 4) is 11.5 Å². The third kappa shape index (κ3) is 4.09. The molecule has 1 aromatic carbocycles. The molecule has 1 unspecified atom stereocenters. The van der Waals surface area contributed by atoms with Gasteiger partial charge in [-0.2, -0.15) is 0 Å². The van der Waals surface area contributed by atoms with E-state index in [0.717, 1.165) is 37.6 Å². The van der Waals surface area contributed by atoms with Crippen LogP contribution in [0.1, 0.15) is 25.5 Å². The molecule has 5 heteroatoms. The molecule has 1 aliphatic rings. The monoisotopic (exact) mass is 294 g/mol. The number of nitrogens with two attached hydrogens (primary N) is 1. The Balaban J connectivity index is 2.04. The molecular weight excluding hydrogens is 268 g/mol. The fraction of sp³-hybridized carbons (Fsp3) is 0.625. The molecule has 1 atom stereocenters. The fourth-order valence-corrected chi connectivity index (χ4v) is 2.74. The molecule has 1 fully saturated rings. The Hall–Kier alpha value is -1.30. The summed E-state index contributed by atoms with van der Waals surface area (Å²) in [5, 5.41) is 0. The number of hydrogen-bond donors (Lipinski definition) is 1. The lowest BCUT2D eigenvalue weighted by Gasteiger charge is -2.39. The third-order valence-corrected chi connectivity index (χ3v) is 3.80. The zero-order valence-electron chi connectivity index (χ0n) is 13.4. The van der Waals surface area contributed by atoms with E-state index in [1.807, 2.05) is 18.2 Å². The highest BCUT2D eigenvalue weighted by molar-refractivity contribution is 5.43. The molecule has 118 valence electrons. The Kier molecular flexibility index (Phi) is 5.08. The molecule has 1 aromatic rings. The van der Waals surface area contributed by atoms with Crippen molar-refractivity contribution in [1.82, 2.24) is 4.90 Å². The topological polar surface area (TPSA) is 57.0 Å². The van der Waals surface area contributed by atoms with Gasteiger partial charge in [0.1, 0.15) is 0 Å². The zero-order chi connectivity index (χ0) is 15.5. The predicted molar refractivity (Wildman–Crippen MR) is 82.9 cm³/mol. The number of rotatable bonds is 5. The highest BCUT2D eigenvalue weighted by atomic mass is 16.5. The molecule has 21 heavy (non-hydrogen) atoms. The standard InChI is InChI=1S/C16H26N2O3/c1-16(2)11-18(7-8-21-16)10-13(17)12-5-6-14(19-3)15(9-12)20-4/h5-6,9,13H,7-8,10-11,17H2,1-4H3. The second-order valence-corrected chi connectivity index (χ2v) is 6.06. The lowest BCUT2D eigenvalue weighted by atomic mass is 10.0. The van der Waals surface area contributed by atoms with E-state index in [0.29, 0.717) is 5.75 Å². The van der Waals surface area contributed by atoms with Crippen molar-refractivity contribution >= 4 is 0 Å². The van der Waals surface area contributed by atoms with Crippen molar-refractivity contribution in [3.05, 3.63) is 23.8 Å². The second kappa shape index (κ2) is 6.64. The van der Waals surface area contributed by atoms with Crippen LogP contribution in [0.2, 0.25) is 0 Å². The summed E-state index contributed by atoms with van der Waals surface area (Å²) in [5.41, 5.74) is 7.30. The van der Waals surface area contributed by atoms with Gasteiger partial charge in [0.25, 0.3) is 0 Å². The van der Waals surface area contributed by atoms with Crippen molar-refractivity contribution < 1.29 is 14.2 Å². The molecule has 2 rings (SSSR count). The molecule has 1 heterocycles. The van der Waals surface area contributed by atoms with Crippen LogP contribution >= 0.6 is 0 Å². The number of hydrogen-bond acceptors (Lipinski definition) is 5. The zero-order valence-corrected chi connectivity index (χ0v) is 13.4. The molecule has 2 N–H and O–H groups in total. The van der Waals surface area contributed by atoms with Gasteiger partial charge in [0.15, 0.2) is 11.5 Å². The van der Waals surface area contributed by atoms with Crippen LogP contribution in [-0.4, -0.2) is 51.0 Å². The molecule has 0 aliphatic carbocycles. The van der Waals surface area contributed by atoms with Crippen molar-refractivity contribution in [1.29, 1.82) is 0 Å². The summed E-state index contributed by atoms with van der Waals surface area (Å²) >= 11 is 0. The summed E-state index contributed by atoms with van der Waals surface area (Å²) in [7, 11) is 3.27. The number of ether oxygens (including phenoxy) is 3. The highest BCUT2D eigenvalue weighted by Crippen LogP contribution is 2.30. The minimum absolute atomic E-state index is 0.0568. The van der Waals surface area contributed by atoms with Crippen LogP contribution in [0, 0.1) is 0 Å². The summed E-state index contributed by atoms with van der Waals surface area (Å²) in [4.78, 5) is 2.35. The Morgan fingerprint density at radius 2 is 2.00 bits per heavy atom. The van der Waals surface area contributed by atoms with Crippen molar-refractivity contribution in [3.63, 3.8) is 0 Å². The lowest BCUT2D eigenvalue weighted by Crippen LogP contribution is -2.50. The summed E-state index contributed by atoms with van der Waals surface area (Å²) in [5.74, 6) is 1.44. The van der Waals surface area contributed by atoms with Gasteiger partial charge in [0.2, 0.25) is 0 Å². The maximum absolute atomic E-state index is 6.35. The Labute approximate surface area is 127 Å². The first-order valence-corrected chi connectivity index (χ1v) is 7.29. The minimum Gasteiger partial charge on any atom is -0.493 e. The van der Waals surface area contributed by atoms with E-state index in [1.54, 1.807) is 14.2 Å². The minimum atomic E-state index is -0.102. The number of morpholine rings is 1. The van der Waals surface area contributed by atoms with Crippen LogP contribution in [0.3, 0.4) is 0 Å². The van der Waals surface area contributed by atoms with Gasteiger partial charge in [0, 0.05) is 25.7 Å². The molecule has 0 amide bonds. The number of methoxy groups -OCH3 is 2. The van der Waals surface area contributed by atoms with Crippen molar-refractivity contribution in [2.24, 2.45) is 5.73 Å². The molecule has 0 aromatic heterocycles. The van der Waals surface area contributed by atoms with Gasteiger partial charge < -0.3 is 19.9 Å². The van der Waals surface area contributed by atoms with Crippen LogP contribution < -0.4 is 15.2 Å². The number of benzene rings is 1. The summed E-state index contributed by atoms with van der Waals surface area (Å²) in [6, 6.07) is 5.79. The predicted octanol–water partition coefficient (Wildman–Crippen LogP) is 1.81. The van der Waals surface area contributed by atoms with E-state index >= 15 is 0 Å². The first-order valence-electron chi connectivity index (χ1n) is 7.29. The van der Waals surface area contributed by atoms with E-state index in [4.69, 9.17) is 19.9 Å². The molecule has 0 radical (unpaired) electrons. The summed E-state index contributed by atoms with van der Waals surface area (Å²) in [6.07, 6.45) is 0. The SMILES string of the molecule is COc1ccc(C(N)CN2CCOC(C)(C)C2)cc1OC. The molecule has 1 aliphatic heterocycles. The molecule has 1 saturated heterocycles. The van der Waals surface area contributed by atoms with Gasteiger partial charge in [-0.15, -0.1) is 0 Å². The molecule has 0 bridgehead atoms. The first kappa shape index (κ1) is 16.1. The average Bonchev–Trinajstić information content (AvgIpc) is 2.45. The molecule has 5 nitrogen and oxygen atoms in total. The molecule has 0 saturated carbocycles. The second-order valence-electron chi connectivity index (χ2n) is 6.06. The van der Waals surface area contributed by atoms with E-state index in [2.05, 4.69) is 18.7 Å². The van der Waals surface area contributed by atoms with E-state index in [1.165, 1.54) is 0 Å². The van der Waals surface area contributed by atoms with Crippen molar-refractivity contribution in [2.45, 2.75) is 25.5 Å². The normalized spacial score (nSPS) is 20.0. The average molecular weight is 294 g/mol. The van der Waals surface area contributed by atoms with Crippen LogP contribution in [0.25, 0.3) is 0 Å². The number of nitrogens with zero attached hydrogens (tertiary/aromatic N) is 1. The van der Waals surface area contributed by atoms with Gasteiger partial charge in [-0.05, 0) is 31.5 Å². The molecular formula is C16H26N2O3. The van der Waals surface area contributed by atoms with Gasteiger partial charge in [-0.25, -0.2) is 0 Å². The fourth-order valence-electron chi connectivity index (χ4n) is 2.74. The van der Waals surface area contributed by atoms with Crippen molar-refractivity contribution in [2.75, 3.05) is 40.5 Å². The van der Waals surface area contributed by atoms with E-state index in [-0.39, 0.29) is 11.6 Å². The van der Waals surface area contributed by atoms with Crippen LogP contribution in [0.4, 0.5) is 0 Å². The van der Waals surface area contributed by atoms with E-state index < -0.39 is 0 Å². The smallest absolute Gasteiger partial charge is 0.161 e. The highest BCUT2D eigenvalue weighted by Gasteiger charge is 2.28. The van der Waals surface area contributed by atoms with Crippen LogP contribution in [0.5, 0.6) is 11.5 Å². The first-order chi connectivity index (χ1) is 9.95. The van der Waals surface area contributed by atoms with Gasteiger partial charge >= 0.3 is 0 Å². The summed E-state index contributed by atoms with van der Waals surface area (Å²) in [6.45, 7) is 7.61. The van der Waals surface area contributed by atoms with Gasteiger partial charge in [-0.1, -0.05) is 6.07 Å². The third-order valence-electron chi connectivity index (χ3n) is 3.80. The van der Waals surface area contributed by atoms with Gasteiger partial charge in [-0.3, -0.25) is 4.90 Å². The van der Waals surface area contributed by atoms with Crippen LogP contribution in [0.15, 0.2) is 18.2 Å². The Bertz CT molecular complexity index is 477. The maximum atomic E-state index is 6.35. The van der Waals surface area contributed by atoms with Crippen LogP contribution in [-0.2, 0) is 4.74 Å². The Morgan fingerprint density at radius 1 is 1.29 bits per heavy atom. The quantitative estimate of drug-likeness (QED) is 0.897. The lowest BCUT2D eigenvalue weighted by molar-refractivity contribution is -0.0870. The van der Waals surface area contributed by atoms with E-state index in [9.17, 15) is 0 Å². The Morgan fingerprint density at radius 3 is 2.62 bits per heavy atom. The molecule has 0 spiro atoms. The van der Waals surface area contributed by atoms with Gasteiger partial charge in [0.05, 0.1) is 26.4 Å². The summed E-state index contributed by atoms with van der Waals surface area (Å²) < 4.78 is 16.3. The largest absolute Gasteiger partial charge is 0.493 e.